The summed E-state index contributed by atoms with van der Waals surface area (Å²) in [4.78, 5) is 26.4. The van der Waals surface area contributed by atoms with Crippen LogP contribution in [0.1, 0.15) is 59.3 Å². The molecule has 4 aliphatic carbocycles. The Morgan fingerprint density at radius 3 is 2.72 bits per heavy atom. The Bertz CT molecular complexity index is 1210. The molecule has 0 spiro atoms. The fraction of sp³-hybridized carbons (Fsp3) is 0.625. The van der Waals surface area contributed by atoms with Crippen molar-refractivity contribution in [2.75, 3.05) is 19.0 Å². The van der Waals surface area contributed by atoms with Gasteiger partial charge in [-0.2, -0.15) is 0 Å². The van der Waals surface area contributed by atoms with Gasteiger partial charge in [-0.25, -0.2) is 0 Å². The minimum Gasteiger partial charge on any atom is -0.486 e. The maximum Gasteiger partial charge on any atom is 0.205 e. The number of aliphatic hydroxyl groups excluding tert-OH is 1. The summed E-state index contributed by atoms with van der Waals surface area (Å²) in [6, 6.07) is 7.53. The molecule has 6 rings (SSSR count). The summed E-state index contributed by atoms with van der Waals surface area (Å²) in [5.74, 6) is 0.883. The molecule has 7 nitrogen and oxygen atoms in total. The first kappa shape index (κ1) is 26.7. The van der Waals surface area contributed by atoms with Gasteiger partial charge >= 0.3 is 0 Å². The molecule has 7 heteroatoms. The fourth-order valence-corrected chi connectivity index (χ4v) is 8.98. The molecule has 39 heavy (non-hydrogen) atoms. The van der Waals surface area contributed by atoms with Crippen LogP contribution < -0.4 is 10.1 Å². The van der Waals surface area contributed by atoms with E-state index < -0.39 is 23.4 Å². The van der Waals surface area contributed by atoms with E-state index >= 15 is 0 Å². The Hall–Kier alpha value is -2.48. The molecule has 9 atom stereocenters. The summed E-state index contributed by atoms with van der Waals surface area (Å²) in [6.07, 6.45) is 8.50. The topological polar surface area (TPSA) is 94.1 Å². The van der Waals surface area contributed by atoms with Crippen molar-refractivity contribution in [2.45, 2.75) is 83.4 Å². The van der Waals surface area contributed by atoms with Gasteiger partial charge in [0.2, 0.25) is 5.78 Å². The zero-order chi connectivity index (χ0) is 27.6. The highest BCUT2D eigenvalue weighted by Gasteiger charge is 2.75. The minimum atomic E-state index is -1.16. The maximum atomic E-state index is 14.3. The summed E-state index contributed by atoms with van der Waals surface area (Å²) < 4.78 is 19.2. The summed E-state index contributed by atoms with van der Waals surface area (Å²) in [5, 5.41) is 14.9. The minimum absolute atomic E-state index is 0.0146. The van der Waals surface area contributed by atoms with Crippen molar-refractivity contribution in [2.24, 2.45) is 28.6 Å². The van der Waals surface area contributed by atoms with Crippen molar-refractivity contribution < 1.29 is 28.9 Å². The van der Waals surface area contributed by atoms with Crippen LogP contribution in [0.4, 0.5) is 5.69 Å². The Morgan fingerprint density at radius 2 is 2.00 bits per heavy atom. The molecular weight excluding hydrogens is 494 g/mol. The van der Waals surface area contributed by atoms with Gasteiger partial charge in [0, 0.05) is 29.5 Å². The van der Waals surface area contributed by atoms with E-state index in [2.05, 4.69) is 26.1 Å². The zero-order valence-corrected chi connectivity index (χ0v) is 23.4. The third kappa shape index (κ3) is 3.87. The molecule has 0 amide bonds. The molecule has 1 saturated heterocycles. The molecule has 0 aromatic heterocycles. The highest BCUT2D eigenvalue weighted by atomic mass is 16.7. The number of benzene rings is 1. The third-order valence-electron chi connectivity index (χ3n) is 10.7. The second-order valence-electron chi connectivity index (χ2n) is 12.6. The number of carbonyl (C=O) groups excluding carboxylic acids is 2. The Kier molecular flexibility index (Phi) is 6.56. The normalized spacial score (nSPS) is 42.2. The number of hydrogen-bond acceptors (Lipinski definition) is 7. The van der Waals surface area contributed by atoms with E-state index in [0.29, 0.717) is 12.2 Å². The number of carbonyl (C=O) groups is 2. The van der Waals surface area contributed by atoms with Crippen molar-refractivity contribution in [3.63, 3.8) is 0 Å². The number of rotatable bonds is 7. The predicted octanol–water partition coefficient (Wildman–Crippen LogP) is 4.85. The predicted molar refractivity (Wildman–Crippen MR) is 147 cm³/mol. The van der Waals surface area contributed by atoms with Crippen LogP contribution >= 0.6 is 0 Å². The van der Waals surface area contributed by atoms with Crippen LogP contribution in [-0.4, -0.2) is 54.4 Å². The number of ether oxygens (including phenoxy) is 3. The van der Waals surface area contributed by atoms with Gasteiger partial charge in [-0.3, -0.25) is 9.59 Å². The lowest BCUT2D eigenvalue weighted by molar-refractivity contribution is -0.200. The second-order valence-corrected chi connectivity index (χ2v) is 12.6. The Balaban J connectivity index is 1.32. The maximum absolute atomic E-state index is 14.3. The molecule has 1 aromatic rings. The number of hydrogen-bond donors (Lipinski definition) is 2. The standard InChI is InChI=1S/C32H41NO6/c1-5-6-28-38-27-16-24-23-12-7-19-15-21(34)13-14-30(19,2)29(23)25(35)17-31(24,3)32(27,39-28)26(36)18-37-22-10-8-20(33-4)9-11-22/h8-11,13-15,23-25,27-29,33,35H,5-7,12,16-18H2,1-4H3. The zero-order valence-electron chi connectivity index (χ0n) is 23.4. The van der Waals surface area contributed by atoms with Gasteiger partial charge in [-0.05, 0) is 80.4 Å². The number of ketones is 2. The first-order valence-electron chi connectivity index (χ1n) is 14.6. The molecule has 2 N–H and O–H groups in total. The molecule has 1 heterocycles. The number of nitrogens with one attached hydrogen (secondary N) is 1. The molecule has 1 aromatic carbocycles. The number of allylic oxidation sites excluding steroid dienone is 4. The van der Waals surface area contributed by atoms with Crippen LogP contribution in [0.2, 0.25) is 0 Å². The van der Waals surface area contributed by atoms with Gasteiger partial charge < -0.3 is 24.6 Å². The van der Waals surface area contributed by atoms with E-state index in [1.54, 1.807) is 12.2 Å². The fourth-order valence-electron chi connectivity index (χ4n) is 8.98. The number of anilines is 1. The first-order chi connectivity index (χ1) is 18.7. The molecule has 0 bridgehead atoms. The van der Waals surface area contributed by atoms with Crippen molar-refractivity contribution in [3.8, 4) is 5.75 Å². The van der Waals surface area contributed by atoms with Crippen LogP contribution in [-0.2, 0) is 19.1 Å². The molecule has 1 aliphatic heterocycles. The summed E-state index contributed by atoms with van der Waals surface area (Å²) in [7, 11) is 1.86. The highest BCUT2D eigenvalue weighted by molar-refractivity contribution is 6.01. The lowest BCUT2D eigenvalue weighted by atomic mass is 9.46. The van der Waals surface area contributed by atoms with Crippen LogP contribution in [0.5, 0.6) is 5.75 Å². The first-order valence-corrected chi connectivity index (χ1v) is 14.6. The van der Waals surface area contributed by atoms with Crippen LogP contribution in [0.15, 0.2) is 48.1 Å². The monoisotopic (exact) mass is 535 g/mol. The second kappa shape index (κ2) is 9.57. The van der Waals surface area contributed by atoms with Crippen LogP contribution in [0.3, 0.4) is 0 Å². The smallest absolute Gasteiger partial charge is 0.205 e. The van der Waals surface area contributed by atoms with Gasteiger partial charge in [-0.15, -0.1) is 0 Å². The van der Waals surface area contributed by atoms with Crippen LogP contribution in [0.25, 0.3) is 0 Å². The van der Waals surface area contributed by atoms with Gasteiger partial charge in [0.1, 0.15) is 12.4 Å². The van der Waals surface area contributed by atoms with E-state index in [9.17, 15) is 14.7 Å². The molecule has 210 valence electrons. The van der Waals surface area contributed by atoms with Crippen molar-refractivity contribution in [3.05, 3.63) is 48.1 Å². The molecular formula is C32H41NO6. The van der Waals surface area contributed by atoms with E-state index in [0.717, 1.165) is 43.4 Å². The van der Waals surface area contributed by atoms with E-state index in [-0.39, 0.29) is 47.4 Å². The quantitative estimate of drug-likeness (QED) is 0.516. The average Bonchev–Trinajstić information content (AvgIpc) is 3.40. The van der Waals surface area contributed by atoms with Gasteiger partial charge in [0.15, 0.2) is 17.7 Å². The molecule has 3 saturated carbocycles. The number of Topliss-reactive ketones (excluding diaryl/α,β-unsaturated/α-hetero) is 1. The lowest BCUT2D eigenvalue weighted by Gasteiger charge is -2.59. The molecule has 4 fully saturated rings. The van der Waals surface area contributed by atoms with Crippen LogP contribution in [0, 0.1) is 28.6 Å². The average molecular weight is 536 g/mol. The largest absolute Gasteiger partial charge is 0.486 e. The third-order valence-corrected chi connectivity index (χ3v) is 10.7. The van der Waals surface area contributed by atoms with E-state index in [4.69, 9.17) is 14.2 Å². The van der Waals surface area contributed by atoms with Gasteiger partial charge in [0.05, 0.1) is 12.2 Å². The number of fused-ring (bicyclic) bond motifs is 7. The van der Waals surface area contributed by atoms with Gasteiger partial charge in [-0.1, -0.05) is 38.8 Å². The lowest BCUT2D eigenvalue weighted by Crippen LogP contribution is -2.63. The highest BCUT2D eigenvalue weighted by Crippen LogP contribution is 2.69. The summed E-state index contributed by atoms with van der Waals surface area (Å²) in [5.41, 5.74) is -0.0274. The molecule has 5 aliphatic rings. The Morgan fingerprint density at radius 1 is 1.23 bits per heavy atom. The molecule has 0 radical (unpaired) electrons. The van der Waals surface area contributed by atoms with Crippen molar-refractivity contribution in [1.82, 2.24) is 0 Å². The number of aliphatic hydroxyl groups is 1. The Labute approximate surface area is 231 Å². The SMILES string of the molecule is CCCC1OC2CC3C4CCC5=CC(=O)C=CC5(C)C4C(O)CC3(C)C2(C(=O)COc2ccc(NC)cc2)O1. The summed E-state index contributed by atoms with van der Waals surface area (Å²) >= 11 is 0. The van der Waals surface area contributed by atoms with Gasteiger partial charge in [0.25, 0.3) is 0 Å². The molecule has 9 unspecified atom stereocenters. The summed E-state index contributed by atoms with van der Waals surface area (Å²) in [6.45, 7) is 6.28. The van der Waals surface area contributed by atoms with E-state index in [1.165, 1.54) is 0 Å². The van der Waals surface area contributed by atoms with Crippen molar-refractivity contribution >= 4 is 17.3 Å². The van der Waals surface area contributed by atoms with E-state index in [1.807, 2.05) is 37.4 Å². The van der Waals surface area contributed by atoms with Crippen molar-refractivity contribution in [1.29, 1.82) is 0 Å².